The minimum Gasteiger partial charge on any atom is -0.354 e. The number of nitrogens with zero attached hydrogens (tertiary/aromatic N) is 3. The molecule has 0 aliphatic heterocycles. The van der Waals surface area contributed by atoms with E-state index in [1.54, 1.807) is 31.0 Å². The molecule has 0 amide bonds. The maximum absolute atomic E-state index is 4.34. The van der Waals surface area contributed by atoms with Crippen molar-refractivity contribution < 1.29 is 0 Å². The summed E-state index contributed by atoms with van der Waals surface area (Å²) in [5, 5.41) is 3.37. The topological polar surface area (TPSA) is 50.7 Å². The van der Waals surface area contributed by atoms with E-state index in [-0.39, 0.29) is 0 Å². The molecule has 3 aromatic rings. The number of nitrogens with one attached hydrogen (secondary N) is 1. The van der Waals surface area contributed by atoms with Gasteiger partial charge in [-0.3, -0.25) is 15.0 Å². The smallest absolute Gasteiger partial charge is 0.0650 e. The van der Waals surface area contributed by atoms with Gasteiger partial charge in [-0.1, -0.05) is 6.07 Å². The summed E-state index contributed by atoms with van der Waals surface area (Å²) in [7, 11) is 0. The third-order valence-electron chi connectivity index (χ3n) is 2.91. The highest BCUT2D eigenvalue weighted by molar-refractivity contribution is 5.87. The van der Waals surface area contributed by atoms with Gasteiger partial charge in [0.05, 0.1) is 17.6 Å². The molecule has 0 saturated carbocycles. The summed E-state index contributed by atoms with van der Waals surface area (Å²) in [5.41, 5.74) is 3.81. The molecule has 3 heterocycles. The van der Waals surface area contributed by atoms with Crippen LogP contribution in [-0.4, -0.2) is 15.0 Å². The van der Waals surface area contributed by atoms with E-state index in [0.717, 1.165) is 22.6 Å². The second kappa shape index (κ2) is 6.43. The van der Waals surface area contributed by atoms with Gasteiger partial charge in [-0.15, -0.1) is 0 Å². The molecule has 3 rings (SSSR count). The van der Waals surface area contributed by atoms with Crippen LogP contribution in [0.3, 0.4) is 0 Å². The van der Waals surface area contributed by atoms with Crippen LogP contribution in [0.2, 0.25) is 0 Å². The third kappa shape index (κ3) is 3.51. The Labute approximate surface area is 123 Å². The van der Waals surface area contributed by atoms with Crippen LogP contribution < -0.4 is 5.32 Å². The largest absolute Gasteiger partial charge is 0.354 e. The van der Waals surface area contributed by atoms with Crippen LogP contribution >= 0.6 is 0 Å². The van der Waals surface area contributed by atoms with Crippen LogP contribution in [0.1, 0.15) is 11.3 Å². The molecule has 0 aliphatic rings. The van der Waals surface area contributed by atoms with Crippen molar-refractivity contribution in [2.75, 3.05) is 5.32 Å². The summed E-state index contributed by atoms with van der Waals surface area (Å²) in [4.78, 5) is 12.5. The fourth-order valence-electron chi connectivity index (χ4n) is 1.92. The van der Waals surface area contributed by atoms with E-state index in [9.17, 15) is 0 Å². The maximum Gasteiger partial charge on any atom is 0.0650 e. The van der Waals surface area contributed by atoms with Gasteiger partial charge in [0.25, 0.3) is 0 Å². The normalized spacial score (nSPS) is 11.1. The number of hydrogen-bond donors (Lipinski definition) is 1. The lowest BCUT2D eigenvalue weighted by Crippen LogP contribution is -1.99. The fourth-order valence-corrected chi connectivity index (χ4v) is 1.92. The van der Waals surface area contributed by atoms with Crippen molar-refractivity contribution in [3.63, 3.8) is 0 Å². The molecule has 0 saturated heterocycles. The molecule has 0 fully saturated rings. The second-order valence-electron chi connectivity index (χ2n) is 4.42. The number of anilines is 1. The van der Waals surface area contributed by atoms with Crippen LogP contribution in [0.5, 0.6) is 0 Å². The van der Waals surface area contributed by atoms with Crippen LogP contribution in [0.15, 0.2) is 73.4 Å². The summed E-state index contributed by atoms with van der Waals surface area (Å²) < 4.78 is 0. The summed E-state index contributed by atoms with van der Waals surface area (Å²) in [6, 6.07) is 13.6. The summed E-state index contributed by atoms with van der Waals surface area (Å²) >= 11 is 0. The average molecular weight is 274 g/mol. The predicted molar refractivity (Wildman–Crippen MR) is 84.2 cm³/mol. The van der Waals surface area contributed by atoms with Crippen molar-refractivity contribution >= 4 is 17.5 Å². The van der Waals surface area contributed by atoms with Gasteiger partial charge in [0.15, 0.2) is 0 Å². The first-order valence-electron chi connectivity index (χ1n) is 6.62. The highest BCUT2D eigenvalue weighted by atomic mass is 14.9. The molecular weight excluding hydrogens is 260 g/mol. The monoisotopic (exact) mass is 274 g/mol. The Bertz CT molecular complexity index is 710. The lowest BCUT2D eigenvalue weighted by Gasteiger charge is -2.11. The third-order valence-corrected chi connectivity index (χ3v) is 2.91. The molecule has 3 aromatic heterocycles. The Hall–Kier alpha value is -3.01. The SMILES string of the molecule is C(=C(/Nc1cccnc1)c1ccncc1)/c1ccccn1. The Morgan fingerprint density at radius 3 is 2.48 bits per heavy atom. The van der Waals surface area contributed by atoms with Gasteiger partial charge >= 0.3 is 0 Å². The van der Waals surface area contributed by atoms with Crippen molar-refractivity contribution in [1.29, 1.82) is 0 Å². The van der Waals surface area contributed by atoms with Crippen molar-refractivity contribution in [3.8, 4) is 0 Å². The lowest BCUT2D eigenvalue weighted by molar-refractivity contribution is 1.29. The van der Waals surface area contributed by atoms with Gasteiger partial charge in [0.2, 0.25) is 0 Å². The van der Waals surface area contributed by atoms with Crippen LogP contribution in [-0.2, 0) is 0 Å². The lowest BCUT2D eigenvalue weighted by atomic mass is 10.1. The molecule has 1 N–H and O–H groups in total. The number of pyridine rings is 3. The Kier molecular flexibility index (Phi) is 3.98. The molecule has 4 nitrogen and oxygen atoms in total. The Morgan fingerprint density at radius 2 is 1.76 bits per heavy atom. The van der Waals surface area contributed by atoms with Gasteiger partial charge in [0, 0.05) is 36.0 Å². The van der Waals surface area contributed by atoms with Gasteiger partial charge in [-0.25, -0.2) is 0 Å². The molecular formula is C17H14N4. The van der Waals surface area contributed by atoms with Gasteiger partial charge < -0.3 is 5.32 Å². The molecule has 0 bridgehead atoms. The van der Waals surface area contributed by atoms with Crippen LogP contribution in [0.25, 0.3) is 11.8 Å². The molecule has 4 heteroatoms. The first-order chi connectivity index (χ1) is 10.4. The minimum atomic E-state index is 0.890. The van der Waals surface area contributed by atoms with Gasteiger partial charge in [-0.05, 0) is 42.5 Å². The Balaban J connectivity index is 1.97. The van der Waals surface area contributed by atoms with E-state index < -0.39 is 0 Å². The molecule has 0 aliphatic carbocycles. The number of aromatic nitrogens is 3. The molecule has 21 heavy (non-hydrogen) atoms. The van der Waals surface area contributed by atoms with E-state index in [2.05, 4.69) is 20.3 Å². The zero-order chi connectivity index (χ0) is 14.3. The van der Waals surface area contributed by atoms with E-state index in [1.807, 2.05) is 48.5 Å². The van der Waals surface area contributed by atoms with Crippen LogP contribution in [0.4, 0.5) is 5.69 Å². The van der Waals surface area contributed by atoms with Crippen molar-refractivity contribution in [3.05, 3.63) is 84.7 Å². The van der Waals surface area contributed by atoms with Crippen molar-refractivity contribution in [1.82, 2.24) is 15.0 Å². The average Bonchev–Trinajstić information content (AvgIpc) is 2.57. The summed E-state index contributed by atoms with van der Waals surface area (Å²) in [6.45, 7) is 0. The molecule has 0 aromatic carbocycles. The number of rotatable bonds is 4. The predicted octanol–water partition coefficient (Wildman–Crippen LogP) is 3.48. The van der Waals surface area contributed by atoms with E-state index in [1.165, 1.54) is 0 Å². The fraction of sp³-hybridized carbons (Fsp3) is 0. The van der Waals surface area contributed by atoms with Crippen molar-refractivity contribution in [2.45, 2.75) is 0 Å². The second-order valence-corrected chi connectivity index (χ2v) is 4.42. The van der Waals surface area contributed by atoms with Crippen molar-refractivity contribution in [2.24, 2.45) is 0 Å². The van der Waals surface area contributed by atoms with Gasteiger partial charge in [-0.2, -0.15) is 0 Å². The highest BCUT2D eigenvalue weighted by Gasteiger charge is 2.03. The quantitative estimate of drug-likeness (QED) is 0.791. The summed E-state index contributed by atoms with van der Waals surface area (Å²) in [5.74, 6) is 0. The zero-order valence-corrected chi connectivity index (χ0v) is 11.3. The highest BCUT2D eigenvalue weighted by Crippen LogP contribution is 2.19. The maximum atomic E-state index is 4.34. The zero-order valence-electron chi connectivity index (χ0n) is 11.3. The Morgan fingerprint density at radius 1 is 0.857 bits per heavy atom. The number of hydrogen-bond acceptors (Lipinski definition) is 4. The van der Waals surface area contributed by atoms with Gasteiger partial charge in [0.1, 0.15) is 0 Å². The molecule has 0 radical (unpaired) electrons. The summed E-state index contributed by atoms with van der Waals surface area (Å²) in [6.07, 6.45) is 10.9. The van der Waals surface area contributed by atoms with E-state index >= 15 is 0 Å². The molecule has 102 valence electrons. The van der Waals surface area contributed by atoms with Crippen LogP contribution in [0, 0.1) is 0 Å². The molecule has 0 unspecified atom stereocenters. The molecule has 0 atom stereocenters. The first kappa shape index (κ1) is 13.0. The minimum absolute atomic E-state index is 0.890. The van der Waals surface area contributed by atoms with E-state index in [0.29, 0.717) is 0 Å². The standard InChI is InChI=1S/C17H14N4/c1-2-9-20-15(4-1)12-17(14-6-10-18-11-7-14)21-16-5-3-8-19-13-16/h1-13,21H/b17-12-. The van der Waals surface area contributed by atoms with E-state index in [4.69, 9.17) is 0 Å². The first-order valence-corrected chi connectivity index (χ1v) is 6.62. The molecule has 0 spiro atoms.